The lowest BCUT2D eigenvalue weighted by Crippen LogP contribution is -2.43. The van der Waals surface area contributed by atoms with Gasteiger partial charge in [-0.25, -0.2) is 0 Å². The molecule has 2 aliphatic heterocycles. The van der Waals surface area contributed by atoms with Crippen LogP contribution in [0.1, 0.15) is 59.8 Å². The molecule has 2 atom stereocenters. The first-order valence-corrected chi connectivity index (χ1v) is 10.6. The number of anilines is 1. The second-order valence-electron chi connectivity index (χ2n) is 8.59. The molecule has 28 heavy (non-hydrogen) atoms. The maximum absolute atomic E-state index is 13.4. The van der Waals surface area contributed by atoms with Gasteiger partial charge in [-0.2, -0.15) is 5.10 Å². The molecule has 1 saturated carbocycles. The smallest absolute Gasteiger partial charge is 0.274 e. The third kappa shape index (κ3) is 3.41. The molecule has 2 N–H and O–H groups in total. The summed E-state index contributed by atoms with van der Waals surface area (Å²) in [6.45, 7) is 2.34. The lowest BCUT2D eigenvalue weighted by molar-refractivity contribution is 0.0683. The van der Waals surface area contributed by atoms with E-state index in [1.165, 1.54) is 24.8 Å². The van der Waals surface area contributed by atoms with E-state index in [1.54, 1.807) is 0 Å². The number of para-hydroxylation sites is 1. The van der Waals surface area contributed by atoms with Gasteiger partial charge in [0.2, 0.25) is 0 Å². The van der Waals surface area contributed by atoms with Crippen LogP contribution in [0.15, 0.2) is 30.3 Å². The molecular weight excluding hydrogens is 350 g/mol. The van der Waals surface area contributed by atoms with Crippen molar-refractivity contribution in [1.82, 2.24) is 20.0 Å². The number of hydrogen-bond donors (Lipinski definition) is 2. The monoisotopic (exact) mass is 379 g/mol. The SMILES string of the molecule is CN1[C@@H]2CCNc3ccccc3CN(C(=O)c3cc(C4CC4)[nH]n3)C[C@H]1CC2. The number of likely N-dealkylation sites (N-methyl/N-ethyl adjacent to an activating group) is 1. The standard InChI is InChI=1S/C22H29N5O/c1-26-17-8-9-18(26)14-27(13-16-4-2-3-5-19(16)23-11-10-17)22(28)21-12-20(24-25-21)15-6-7-15/h2-5,12,15,17-18,23H,6-11,13-14H2,1H3,(H,24,25)/t17-,18+/m0/s1. The quantitative estimate of drug-likeness (QED) is 0.841. The Morgan fingerprint density at radius 2 is 1.93 bits per heavy atom. The number of amides is 1. The second-order valence-corrected chi connectivity index (χ2v) is 8.59. The zero-order valence-corrected chi connectivity index (χ0v) is 16.5. The number of hydrogen-bond acceptors (Lipinski definition) is 4. The maximum Gasteiger partial charge on any atom is 0.274 e. The summed E-state index contributed by atoms with van der Waals surface area (Å²) in [5.41, 5.74) is 3.98. The highest BCUT2D eigenvalue weighted by molar-refractivity contribution is 5.92. The second kappa shape index (κ2) is 7.24. The highest BCUT2D eigenvalue weighted by Gasteiger charge is 2.34. The summed E-state index contributed by atoms with van der Waals surface area (Å²) in [5.74, 6) is 0.609. The number of fused-ring (bicyclic) bond motifs is 3. The number of nitrogens with zero attached hydrogens (tertiary/aromatic N) is 3. The van der Waals surface area contributed by atoms with Gasteiger partial charge in [0, 0.05) is 49.0 Å². The summed E-state index contributed by atoms with van der Waals surface area (Å²) >= 11 is 0. The van der Waals surface area contributed by atoms with Crippen LogP contribution in [-0.4, -0.2) is 58.1 Å². The predicted octanol–water partition coefficient (Wildman–Crippen LogP) is 3.21. The van der Waals surface area contributed by atoms with E-state index in [0.29, 0.717) is 30.2 Å². The Balaban J connectivity index is 1.45. The van der Waals surface area contributed by atoms with Crippen LogP contribution in [0.3, 0.4) is 0 Å². The number of nitrogens with one attached hydrogen (secondary N) is 2. The summed E-state index contributed by atoms with van der Waals surface area (Å²) in [7, 11) is 2.22. The van der Waals surface area contributed by atoms with E-state index in [2.05, 4.69) is 51.7 Å². The van der Waals surface area contributed by atoms with Crippen LogP contribution in [-0.2, 0) is 6.54 Å². The van der Waals surface area contributed by atoms with Gasteiger partial charge in [0.05, 0.1) is 0 Å². The van der Waals surface area contributed by atoms with Crippen LogP contribution in [0.4, 0.5) is 5.69 Å². The molecule has 0 radical (unpaired) electrons. The van der Waals surface area contributed by atoms with Crippen molar-refractivity contribution in [2.24, 2.45) is 0 Å². The highest BCUT2D eigenvalue weighted by atomic mass is 16.2. The average Bonchev–Trinajstić information content (AvgIpc) is 3.34. The molecule has 5 rings (SSSR count). The Bertz CT molecular complexity index is 858. The van der Waals surface area contributed by atoms with Gasteiger partial charge in [0.25, 0.3) is 5.91 Å². The molecular formula is C22H29N5O. The van der Waals surface area contributed by atoms with Crippen LogP contribution in [0, 0.1) is 0 Å². The fourth-order valence-corrected chi connectivity index (χ4v) is 4.75. The largest absolute Gasteiger partial charge is 0.385 e. The van der Waals surface area contributed by atoms with E-state index < -0.39 is 0 Å². The van der Waals surface area contributed by atoms with Crippen LogP contribution in [0.25, 0.3) is 0 Å². The summed E-state index contributed by atoms with van der Waals surface area (Å²) in [4.78, 5) is 17.9. The lowest BCUT2D eigenvalue weighted by Gasteiger charge is -2.30. The number of aromatic amines is 1. The van der Waals surface area contributed by atoms with Crippen molar-refractivity contribution >= 4 is 11.6 Å². The van der Waals surface area contributed by atoms with Gasteiger partial charge in [-0.15, -0.1) is 0 Å². The molecule has 3 heterocycles. The van der Waals surface area contributed by atoms with E-state index in [-0.39, 0.29) is 5.91 Å². The molecule has 2 fully saturated rings. The normalized spacial score (nSPS) is 25.7. The third-order valence-electron chi connectivity index (χ3n) is 6.71. The average molecular weight is 380 g/mol. The summed E-state index contributed by atoms with van der Waals surface area (Å²) in [5, 5.41) is 11.1. The van der Waals surface area contributed by atoms with Crippen molar-refractivity contribution in [2.45, 2.75) is 56.7 Å². The first-order valence-electron chi connectivity index (χ1n) is 10.6. The number of H-pyrrole nitrogens is 1. The van der Waals surface area contributed by atoms with Crippen LogP contribution >= 0.6 is 0 Å². The van der Waals surface area contributed by atoms with E-state index in [4.69, 9.17) is 0 Å². The van der Waals surface area contributed by atoms with Crippen molar-refractivity contribution < 1.29 is 4.79 Å². The minimum atomic E-state index is 0.0362. The van der Waals surface area contributed by atoms with Crippen LogP contribution in [0.5, 0.6) is 0 Å². The van der Waals surface area contributed by atoms with Crippen molar-refractivity contribution in [1.29, 1.82) is 0 Å². The third-order valence-corrected chi connectivity index (χ3v) is 6.71. The topological polar surface area (TPSA) is 64.3 Å². The van der Waals surface area contributed by atoms with Gasteiger partial charge in [-0.1, -0.05) is 18.2 Å². The summed E-state index contributed by atoms with van der Waals surface area (Å²) < 4.78 is 0. The first kappa shape index (κ1) is 17.7. The van der Waals surface area contributed by atoms with Crippen LogP contribution < -0.4 is 5.32 Å². The van der Waals surface area contributed by atoms with E-state index in [1.807, 2.05) is 11.0 Å². The van der Waals surface area contributed by atoms with E-state index >= 15 is 0 Å². The fourth-order valence-electron chi connectivity index (χ4n) is 4.75. The molecule has 3 aliphatic rings. The zero-order valence-electron chi connectivity index (χ0n) is 16.5. The lowest BCUT2D eigenvalue weighted by atomic mass is 10.1. The zero-order chi connectivity index (χ0) is 19.1. The van der Waals surface area contributed by atoms with Gasteiger partial charge >= 0.3 is 0 Å². The van der Waals surface area contributed by atoms with Crippen molar-refractivity contribution in [3.63, 3.8) is 0 Å². The molecule has 148 valence electrons. The maximum atomic E-state index is 13.4. The van der Waals surface area contributed by atoms with Crippen LogP contribution in [0.2, 0.25) is 0 Å². The number of carbonyl (C=O) groups excluding carboxylic acids is 1. The summed E-state index contributed by atoms with van der Waals surface area (Å²) in [6.07, 6.45) is 5.90. The number of aromatic nitrogens is 2. The molecule has 1 aromatic carbocycles. The number of rotatable bonds is 2. The highest BCUT2D eigenvalue weighted by Crippen LogP contribution is 2.39. The molecule has 1 aliphatic carbocycles. The molecule has 0 spiro atoms. The molecule has 2 bridgehead atoms. The molecule has 6 nitrogen and oxygen atoms in total. The minimum Gasteiger partial charge on any atom is -0.385 e. The van der Waals surface area contributed by atoms with Gasteiger partial charge in [-0.05, 0) is 56.8 Å². The Hall–Kier alpha value is -2.34. The summed E-state index contributed by atoms with van der Waals surface area (Å²) in [6, 6.07) is 11.3. The number of benzene rings is 1. The van der Waals surface area contributed by atoms with Crippen molar-refractivity contribution in [2.75, 3.05) is 25.5 Å². The molecule has 1 saturated heterocycles. The molecule has 1 aromatic heterocycles. The van der Waals surface area contributed by atoms with E-state index in [0.717, 1.165) is 37.3 Å². The van der Waals surface area contributed by atoms with Gasteiger partial charge in [0.15, 0.2) is 0 Å². The van der Waals surface area contributed by atoms with Crippen molar-refractivity contribution in [3.05, 3.63) is 47.3 Å². The van der Waals surface area contributed by atoms with E-state index in [9.17, 15) is 4.79 Å². The van der Waals surface area contributed by atoms with Crippen molar-refractivity contribution in [3.8, 4) is 0 Å². The Morgan fingerprint density at radius 1 is 1.11 bits per heavy atom. The number of carbonyl (C=O) groups is 1. The minimum absolute atomic E-state index is 0.0362. The Kier molecular flexibility index (Phi) is 4.59. The first-order chi connectivity index (χ1) is 13.7. The Labute approximate surface area is 166 Å². The Morgan fingerprint density at radius 3 is 2.79 bits per heavy atom. The molecule has 6 heteroatoms. The molecule has 2 aromatic rings. The fraction of sp³-hybridized carbons (Fsp3) is 0.545. The predicted molar refractivity (Wildman–Crippen MR) is 109 cm³/mol. The van der Waals surface area contributed by atoms with Gasteiger partial charge in [0.1, 0.15) is 5.69 Å². The molecule has 0 unspecified atom stereocenters. The molecule has 1 amide bonds. The van der Waals surface area contributed by atoms with Gasteiger partial charge < -0.3 is 10.2 Å². The van der Waals surface area contributed by atoms with Gasteiger partial charge in [-0.3, -0.25) is 14.8 Å².